The zero-order chi connectivity index (χ0) is 18.7. The largest absolute Gasteiger partial charge is 0.480 e. The SMILES string of the molecule is CC(Sc1ccccc1C(=O)NCC1(c2ccccc2Cl)CC1)C(=O)O. The van der Waals surface area contributed by atoms with Crippen molar-refractivity contribution in [1.29, 1.82) is 0 Å². The van der Waals surface area contributed by atoms with Gasteiger partial charge in [-0.2, -0.15) is 0 Å². The predicted molar refractivity (Wildman–Crippen MR) is 104 cm³/mol. The first kappa shape index (κ1) is 18.8. The molecule has 0 aliphatic heterocycles. The summed E-state index contributed by atoms with van der Waals surface area (Å²) in [6.07, 6.45) is 1.98. The zero-order valence-corrected chi connectivity index (χ0v) is 15.9. The van der Waals surface area contributed by atoms with Gasteiger partial charge in [0.25, 0.3) is 5.91 Å². The maximum Gasteiger partial charge on any atom is 0.316 e. The molecule has 0 radical (unpaired) electrons. The highest BCUT2D eigenvalue weighted by Crippen LogP contribution is 2.49. The first-order valence-corrected chi connectivity index (χ1v) is 9.70. The number of rotatable bonds is 7. The molecule has 1 unspecified atom stereocenters. The van der Waals surface area contributed by atoms with Crippen LogP contribution in [0.3, 0.4) is 0 Å². The number of hydrogen-bond donors (Lipinski definition) is 2. The topological polar surface area (TPSA) is 66.4 Å². The van der Waals surface area contributed by atoms with E-state index in [1.54, 1.807) is 31.2 Å². The molecular formula is C20H20ClNO3S. The van der Waals surface area contributed by atoms with Gasteiger partial charge >= 0.3 is 5.97 Å². The highest BCUT2D eigenvalue weighted by atomic mass is 35.5. The summed E-state index contributed by atoms with van der Waals surface area (Å²) in [6.45, 7) is 2.13. The molecule has 4 nitrogen and oxygen atoms in total. The van der Waals surface area contributed by atoms with Crippen LogP contribution in [0.15, 0.2) is 53.4 Å². The third-order valence-electron chi connectivity index (χ3n) is 4.67. The normalized spacial score (nSPS) is 15.9. The number of amides is 1. The van der Waals surface area contributed by atoms with E-state index in [0.717, 1.165) is 23.4 Å². The Morgan fingerprint density at radius 1 is 1.19 bits per heavy atom. The van der Waals surface area contributed by atoms with Crippen molar-refractivity contribution >= 4 is 35.2 Å². The Kier molecular flexibility index (Phi) is 5.58. The van der Waals surface area contributed by atoms with Crippen molar-refractivity contribution in [2.45, 2.75) is 35.3 Å². The summed E-state index contributed by atoms with van der Waals surface area (Å²) in [5, 5.41) is 12.2. The van der Waals surface area contributed by atoms with Crippen molar-refractivity contribution in [2.24, 2.45) is 0 Å². The molecule has 2 N–H and O–H groups in total. The van der Waals surface area contributed by atoms with Crippen LogP contribution in [0.4, 0.5) is 0 Å². The second kappa shape index (κ2) is 7.72. The lowest BCUT2D eigenvalue weighted by molar-refractivity contribution is -0.136. The Labute approximate surface area is 161 Å². The number of carbonyl (C=O) groups excluding carboxylic acids is 1. The van der Waals surface area contributed by atoms with Gasteiger partial charge in [-0.1, -0.05) is 41.9 Å². The van der Waals surface area contributed by atoms with Crippen molar-refractivity contribution in [2.75, 3.05) is 6.54 Å². The fourth-order valence-corrected chi connectivity index (χ4v) is 4.19. The average Bonchev–Trinajstić information content (AvgIpc) is 3.41. The molecule has 26 heavy (non-hydrogen) atoms. The second-order valence-corrected chi connectivity index (χ2v) is 8.33. The van der Waals surface area contributed by atoms with E-state index < -0.39 is 11.2 Å². The van der Waals surface area contributed by atoms with Gasteiger partial charge in [-0.15, -0.1) is 11.8 Å². The molecule has 1 aliphatic carbocycles. The van der Waals surface area contributed by atoms with Gasteiger partial charge in [-0.25, -0.2) is 0 Å². The first-order chi connectivity index (χ1) is 12.4. The van der Waals surface area contributed by atoms with Gasteiger partial charge in [0.1, 0.15) is 5.25 Å². The molecule has 1 atom stereocenters. The summed E-state index contributed by atoms with van der Waals surface area (Å²) in [5.74, 6) is -1.09. The molecule has 3 rings (SSSR count). The van der Waals surface area contributed by atoms with Gasteiger partial charge in [-0.05, 0) is 43.5 Å². The minimum Gasteiger partial charge on any atom is -0.480 e. The molecule has 6 heteroatoms. The van der Waals surface area contributed by atoms with E-state index in [2.05, 4.69) is 5.32 Å². The van der Waals surface area contributed by atoms with Gasteiger partial charge in [0.05, 0.1) is 5.56 Å². The van der Waals surface area contributed by atoms with Crippen LogP contribution in [-0.2, 0) is 10.2 Å². The van der Waals surface area contributed by atoms with E-state index >= 15 is 0 Å². The molecule has 2 aromatic carbocycles. The lowest BCUT2D eigenvalue weighted by Gasteiger charge is -2.19. The molecule has 1 aliphatic rings. The molecule has 136 valence electrons. The van der Waals surface area contributed by atoms with Gasteiger partial charge in [0.15, 0.2) is 0 Å². The van der Waals surface area contributed by atoms with Gasteiger partial charge in [0.2, 0.25) is 0 Å². The zero-order valence-electron chi connectivity index (χ0n) is 14.4. The third kappa shape index (κ3) is 4.05. The van der Waals surface area contributed by atoms with Crippen LogP contribution in [0.25, 0.3) is 0 Å². The number of halogens is 1. The van der Waals surface area contributed by atoms with Crippen LogP contribution in [0.2, 0.25) is 5.02 Å². The summed E-state index contributed by atoms with van der Waals surface area (Å²) in [5.41, 5.74) is 1.48. The third-order valence-corrected chi connectivity index (χ3v) is 6.16. The van der Waals surface area contributed by atoms with E-state index in [1.165, 1.54) is 11.8 Å². The van der Waals surface area contributed by atoms with Crippen molar-refractivity contribution < 1.29 is 14.7 Å². The number of carbonyl (C=O) groups is 2. The molecule has 0 spiro atoms. The summed E-state index contributed by atoms with van der Waals surface area (Å²) in [7, 11) is 0. The lowest BCUT2D eigenvalue weighted by Crippen LogP contribution is -2.32. The van der Waals surface area contributed by atoms with E-state index in [9.17, 15) is 9.59 Å². The fraction of sp³-hybridized carbons (Fsp3) is 0.300. The molecule has 0 aromatic heterocycles. The van der Waals surface area contributed by atoms with E-state index in [-0.39, 0.29) is 11.3 Å². The minimum absolute atomic E-state index is 0.0928. The smallest absolute Gasteiger partial charge is 0.316 e. The number of carboxylic acids is 1. The average molecular weight is 390 g/mol. The monoisotopic (exact) mass is 389 g/mol. The molecule has 1 saturated carbocycles. The van der Waals surface area contributed by atoms with Crippen LogP contribution < -0.4 is 5.32 Å². The predicted octanol–water partition coefficient (Wildman–Crippen LogP) is 4.37. The second-order valence-electron chi connectivity index (χ2n) is 6.54. The number of carboxylic acid groups (broad SMARTS) is 1. The Hall–Kier alpha value is -1.98. The number of hydrogen-bond acceptors (Lipinski definition) is 3. The fourth-order valence-electron chi connectivity index (χ4n) is 2.93. The number of thioether (sulfide) groups is 1. The lowest BCUT2D eigenvalue weighted by atomic mass is 9.95. The molecule has 0 heterocycles. The first-order valence-electron chi connectivity index (χ1n) is 8.45. The van der Waals surface area contributed by atoms with E-state index in [1.807, 2.05) is 24.3 Å². The van der Waals surface area contributed by atoms with Gasteiger partial charge in [0, 0.05) is 21.9 Å². The maximum atomic E-state index is 12.7. The van der Waals surface area contributed by atoms with Crippen LogP contribution in [0, 0.1) is 0 Å². The van der Waals surface area contributed by atoms with Crippen LogP contribution in [0.1, 0.15) is 35.7 Å². The number of nitrogens with one attached hydrogen (secondary N) is 1. The molecule has 2 aromatic rings. The Balaban J connectivity index is 1.72. The van der Waals surface area contributed by atoms with Gasteiger partial charge in [-0.3, -0.25) is 9.59 Å². The highest BCUT2D eigenvalue weighted by Gasteiger charge is 2.45. The van der Waals surface area contributed by atoms with Crippen LogP contribution in [0.5, 0.6) is 0 Å². The van der Waals surface area contributed by atoms with Crippen molar-refractivity contribution in [3.8, 4) is 0 Å². The van der Waals surface area contributed by atoms with E-state index in [0.29, 0.717) is 17.0 Å². The molecule has 0 bridgehead atoms. The van der Waals surface area contributed by atoms with Crippen molar-refractivity contribution in [1.82, 2.24) is 5.32 Å². The Morgan fingerprint density at radius 3 is 2.50 bits per heavy atom. The van der Waals surface area contributed by atoms with Crippen molar-refractivity contribution in [3.63, 3.8) is 0 Å². The molecule has 0 saturated heterocycles. The highest BCUT2D eigenvalue weighted by molar-refractivity contribution is 8.00. The standard InChI is InChI=1S/C20H20ClNO3S/c1-13(19(24)25)26-17-9-5-2-6-14(17)18(23)22-12-20(10-11-20)15-7-3-4-8-16(15)21/h2-9,13H,10-12H2,1H3,(H,22,23)(H,24,25). The maximum absolute atomic E-state index is 12.7. The Bertz CT molecular complexity index is 835. The summed E-state index contributed by atoms with van der Waals surface area (Å²) in [6, 6.07) is 14.8. The number of benzene rings is 2. The summed E-state index contributed by atoms with van der Waals surface area (Å²) >= 11 is 7.49. The summed E-state index contributed by atoms with van der Waals surface area (Å²) in [4.78, 5) is 24.5. The van der Waals surface area contributed by atoms with Gasteiger partial charge < -0.3 is 10.4 Å². The Morgan fingerprint density at radius 2 is 1.85 bits per heavy atom. The van der Waals surface area contributed by atoms with Crippen LogP contribution >= 0.6 is 23.4 Å². The molecular weight excluding hydrogens is 370 g/mol. The van der Waals surface area contributed by atoms with Crippen LogP contribution in [-0.4, -0.2) is 28.8 Å². The van der Waals surface area contributed by atoms with E-state index in [4.69, 9.17) is 16.7 Å². The number of aliphatic carboxylic acids is 1. The molecule has 1 amide bonds. The van der Waals surface area contributed by atoms with Crippen molar-refractivity contribution in [3.05, 3.63) is 64.7 Å². The summed E-state index contributed by atoms with van der Waals surface area (Å²) < 4.78 is 0. The quantitative estimate of drug-likeness (QED) is 0.690. The minimum atomic E-state index is -0.902. The molecule has 1 fully saturated rings.